The van der Waals surface area contributed by atoms with Crippen molar-refractivity contribution in [2.24, 2.45) is 5.41 Å². The van der Waals surface area contributed by atoms with Crippen molar-refractivity contribution in [1.82, 2.24) is 10.6 Å². The zero-order valence-corrected chi connectivity index (χ0v) is 21.6. The van der Waals surface area contributed by atoms with E-state index in [2.05, 4.69) is 10.6 Å². The van der Waals surface area contributed by atoms with Crippen LogP contribution in [0.25, 0.3) is 0 Å². The van der Waals surface area contributed by atoms with E-state index in [4.69, 9.17) is 14.2 Å². The van der Waals surface area contributed by atoms with Crippen molar-refractivity contribution in [1.29, 1.82) is 0 Å². The molecule has 0 bridgehead atoms. The Morgan fingerprint density at radius 1 is 1.00 bits per heavy atom. The van der Waals surface area contributed by atoms with Gasteiger partial charge >= 0.3 is 6.16 Å². The molecule has 214 valence electrons. The highest BCUT2D eigenvalue weighted by molar-refractivity contribution is 5.89. The second-order valence-electron chi connectivity index (χ2n) is 10.6. The van der Waals surface area contributed by atoms with Crippen LogP contribution >= 0.6 is 0 Å². The lowest BCUT2D eigenvalue weighted by atomic mass is 9.94. The largest absolute Gasteiger partial charge is 0.508 e. The first-order chi connectivity index (χ1) is 16.9. The smallest absolute Gasteiger partial charge is 0.431 e. The van der Waals surface area contributed by atoms with Crippen molar-refractivity contribution in [2.45, 2.75) is 116 Å². The molecule has 11 nitrogen and oxygen atoms in total. The van der Waals surface area contributed by atoms with E-state index in [1.54, 1.807) is 6.08 Å². The maximum Gasteiger partial charge on any atom is 0.508 e. The first-order valence-electron chi connectivity index (χ1n) is 12.6. The number of hydrogen-bond donors (Lipinski definition) is 5. The van der Waals surface area contributed by atoms with E-state index >= 15 is 0 Å². The molecule has 1 saturated heterocycles. The van der Waals surface area contributed by atoms with Crippen molar-refractivity contribution < 1.29 is 43.9 Å². The van der Waals surface area contributed by atoms with E-state index in [1.165, 1.54) is 13.2 Å². The van der Waals surface area contributed by atoms with Crippen LogP contribution in [0.5, 0.6) is 0 Å². The van der Waals surface area contributed by atoms with E-state index in [0.29, 0.717) is 6.42 Å². The Hall–Kier alpha value is -2.21. The molecule has 2 aliphatic rings. The van der Waals surface area contributed by atoms with Crippen LogP contribution in [0.3, 0.4) is 0 Å². The van der Waals surface area contributed by atoms with Gasteiger partial charge in [0.05, 0.1) is 6.54 Å². The standard InChI is InChI=1S/C25H42N2O9.CH4/c1-25(2,3)13-12-18(28)19(29)20(30)21(34-4)23(32)27-17-11-10-16(14-26-22(17)31)36-24(33)35-15-8-6-5-7-9-15;/h12-13,15-21,28-30H,5-11,14H2,1-4H3,(H,26,31)(H,27,32);1H4/b13-12+;. The summed E-state index contributed by atoms with van der Waals surface area (Å²) in [6.45, 7) is 5.78. The van der Waals surface area contributed by atoms with Gasteiger partial charge < -0.3 is 40.2 Å². The minimum atomic E-state index is -1.76. The van der Waals surface area contributed by atoms with Crippen LogP contribution in [0.2, 0.25) is 0 Å². The fourth-order valence-electron chi connectivity index (χ4n) is 4.18. The number of hydrogen-bond acceptors (Lipinski definition) is 9. The van der Waals surface area contributed by atoms with Gasteiger partial charge in [0.15, 0.2) is 6.10 Å². The third-order valence-corrected chi connectivity index (χ3v) is 6.31. The molecule has 2 rings (SSSR count). The average Bonchev–Trinajstić information content (AvgIpc) is 2.98. The summed E-state index contributed by atoms with van der Waals surface area (Å²) in [7, 11) is 1.17. The fraction of sp³-hybridized carbons (Fsp3) is 0.808. The van der Waals surface area contributed by atoms with Gasteiger partial charge in [-0.05, 0) is 43.9 Å². The molecule has 1 saturated carbocycles. The Labute approximate surface area is 219 Å². The molecule has 1 aliphatic carbocycles. The second kappa shape index (κ2) is 15.3. The highest BCUT2D eigenvalue weighted by Crippen LogP contribution is 2.21. The van der Waals surface area contributed by atoms with Crippen LogP contribution < -0.4 is 10.6 Å². The van der Waals surface area contributed by atoms with Crippen LogP contribution in [0.15, 0.2) is 12.2 Å². The third kappa shape index (κ3) is 11.0. The monoisotopic (exact) mass is 530 g/mol. The number of allylic oxidation sites excluding steroid dienone is 1. The molecule has 1 heterocycles. The number of rotatable bonds is 9. The molecule has 2 fully saturated rings. The fourth-order valence-corrected chi connectivity index (χ4v) is 4.18. The predicted octanol–water partition coefficient (Wildman–Crippen LogP) is 1.57. The van der Waals surface area contributed by atoms with Crippen molar-refractivity contribution in [2.75, 3.05) is 13.7 Å². The third-order valence-electron chi connectivity index (χ3n) is 6.31. The van der Waals surface area contributed by atoms with E-state index in [1.807, 2.05) is 20.8 Å². The summed E-state index contributed by atoms with van der Waals surface area (Å²) in [5, 5.41) is 36.1. The topological polar surface area (TPSA) is 164 Å². The van der Waals surface area contributed by atoms with Crippen molar-refractivity contribution in [3.63, 3.8) is 0 Å². The van der Waals surface area contributed by atoms with Gasteiger partial charge in [-0.1, -0.05) is 46.8 Å². The van der Waals surface area contributed by atoms with E-state index < -0.39 is 54.5 Å². The summed E-state index contributed by atoms with van der Waals surface area (Å²) in [4.78, 5) is 37.4. The molecule has 6 unspecified atom stereocenters. The first-order valence-corrected chi connectivity index (χ1v) is 12.6. The van der Waals surface area contributed by atoms with Crippen molar-refractivity contribution in [3.05, 3.63) is 12.2 Å². The summed E-state index contributed by atoms with van der Waals surface area (Å²) in [5.74, 6) is -1.31. The number of ether oxygens (including phenoxy) is 3. The lowest BCUT2D eigenvalue weighted by Gasteiger charge is -2.28. The van der Waals surface area contributed by atoms with Crippen molar-refractivity contribution >= 4 is 18.0 Å². The van der Waals surface area contributed by atoms with Crippen molar-refractivity contribution in [3.8, 4) is 0 Å². The SMILES string of the molecule is C.COC(C(=O)NC1CCC(OC(=O)OC2CCCCC2)CNC1=O)C(O)C(O)C(O)/C=C/C(C)(C)C. The summed E-state index contributed by atoms with van der Waals surface area (Å²) >= 11 is 0. The lowest BCUT2D eigenvalue weighted by molar-refractivity contribution is -0.150. The first kappa shape index (κ1) is 32.8. The molecule has 0 aromatic carbocycles. The number of aliphatic hydroxyl groups is 3. The molecule has 6 atom stereocenters. The van der Waals surface area contributed by atoms with Crippen LogP contribution in [-0.4, -0.2) is 89.6 Å². The summed E-state index contributed by atoms with van der Waals surface area (Å²) < 4.78 is 15.8. The molecule has 1 aliphatic heterocycles. The molecule has 11 heteroatoms. The van der Waals surface area contributed by atoms with Gasteiger partial charge in [-0.2, -0.15) is 0 Å². The van der Waals surface area contributed by atoms with Crippen LogP contribution in [0, 0.1) is 5.41 Å². The van der Waals surface area contributed by atoms with Crippen LogP contribution in [0.4, 0.5) is 4.79 Å². The molecule has 2 amide bonds. The Morgan fingerprint density at radius 3 is 2.22 bits per heavy atom. The van der Waals surface area contributed by atoms with Gasteiger partial charge in [-0.3, -0.25) is 9.59 Å². The van der Waals surface area contributed by atoms with E-state index in [9.17, 15) is 29.7 Å². The molecule has 5 N–H and O–H groups in total. The number of nitrogens with one attached hydrogen (secondary N) is 2. The zero-order valence-electron chi connectivity index (χ0n) is 21.6. The Bertz CT molecular complexity index is 762. The van der Waals surface area contributed by atoms with Gasteiger partial charge in [0.1, 0.15) is 36.6 Å². The lowest BCUT2D eigenvalue weighted by Crippen LogP contribution is -2.55. The van der Waals surface area contributed by atoms with Gasteiger partial charge in [-0.25, -0.2) is 4.79 Å². The zero-order chi connectivity index (χ0) is 26.9. The average molecular weight is 531 g/mol. The van der Waals surface area contributed by atoms with Gasteiger partial charge in [0, 0.05) is 7.11 Å². The molecule has 37 heavy (non-hydrogen) atoms. The predicted molar refractivity (Wildman–Crippen MR) is 137 cm³/mol. The number of amides is 2. The number of carbonyl (C=O) groups is 3. The van der Waals surface area contributed by atoms with Gasteiger partial charge in [0.25, 0.3) is 5.91 Å². The van der Waals surface area contributed by atoms with E-state index in [-0.39, 0.29) is 31.9 Å². The highest BCUT2D eigenvalue weighted by Gasteiger charge is 2.37. The number of methoxy groups -OCH3 is 1. The normalized spacial score (nSPS) is 24.6. The summed E-state index contributed by atoms with van der Waals surface area (Å²) in [5.41, 5.74) is -0.259. The summed E-state index contributed by atoms with van der Waals surface area (Å²) in [6, 6.07) is -0.965. The molecular weight excluding hydrogens is 484 g/mol. The Morgan fingerprint density at radius 2 is 1.62 bits per heavy atom. The number of carbonyl (C=O) groups excluding carboxylic acids is 3. The van der Waals surface area contributed by atoms with Gasteiger partial charge in [-0.15, -0.1) is 0 Å². The Kier molecular flexibility index (Phi) is 13.5. The maximum absolute atomic E-state index is 12.8. The van der Waals surface area contributed by atoms with E-state index in [0.717, 1.165) is 32.1 Å². The van der Waals surface area contributed by atoms with Crippen LogP contribution in [-0.2, 0) is 23.8 Å². The summed E-state index contributed by atoms with van der Waals surface area (Å²) in [6.07, 6.45) is 0.331. The molecular formula is C26H46N2O9. The quantitative estimate of drug-likeness (QED) is 0.220. The maximum atomic E-state index is 12.8. The second-order valence-corrected chi connectivity index (χ2v) is 10.6. The molecule has 0 aromatic heterocycles. The van der Waals surface area contributed by atoms with Gasteiger partial charge in [0.2, 0.25) is 5.91 Å². The van der Waals surface area contributed by atoms with Crippen LogP contribution in [0.1, 0.15) is 73.1 Å². The molecule has 0 aromatic rings. The minimum Gasteiger partial charge on any atom is -0.431 e. The number of aliphatic hydroxyl groups excluding tert-OH is 3. The highest BCUT2D eigenvalue weighted by atomic mass is 16.7. The molecule has 0 spiro atoms. The minimum absolute atomic E-state index is 0. The Balaban J connectivity index is 0.00000684. The molecule has 0 radical (unpaired) electrons.